The summed E-state index contributed by atoms with van der Waals surface area (Å²) < 4.78 is 26.6. The summed E-state index contributed by atoms with van der Waals surface area (Å²) in [4.78, 5) is 20.1. The molecule has 0 radical (unpaired) electrons. The Bertz CT molecular complexity index is 864. The Morgan fingerprint density at radius 2 is 1.91 bits per heavy atom. The molecule has 0 bridgehead atoms. The number of anilines is 2. The molecule has 1 heterocycles. The molecule has 23 heavy (non-hydrogen) atoms. The van der Waals surface area contributed by atoms with Crippen molar-refractivity contribution in [3.05, 3.63) is 60.4 Å². The van der Waals surface area contributed by atoms with E-state index in [1.54, 1.807) is 0 Å². The minimum atomic E-state index is -0.702. The Hall–Kier alpha value is -3.09. The highest BCUT2D eigenvalue weighted by Crippen LogP contribution is 2.18. The summed E-state index contributed by atoms with van der Waals surface area (Å²) in [6.45, 7) is -0.142. The van der Waals surface area contributed by atoms with Crippen molar-refractivity contribution < 1.29 is 13.6 Å². The number of benzene rings is 2. The SMILES string of the molecule is O=C(CNc1ncnc2ccccc12)Nc1cc(F)ccc1F. The van der Waals surface area contributed by atoms with Crippen molar-refractivity contribution in [3.63, 3.8) is 0 Å². The normalized spacial score (nSPS) is 10.5. The number of nitrogens with zero attached hydrogens (tertiary/aromatic N) is 2. The van der Waals surface area contributed by atoms with Crippen molar-refractivity contribution in [1.82, 2.24) is 9.97 Å². The number of para-hydroxylation sites is 1. The van der Waals surface area contributed by atoms with Crippen molar-refractivity contribution >= 4 is 28.3 Å². The Morgan fingerprint density at radius 1 is 1.09 bits per heavy atom. The molecule has 0 aliphatic rings. The summed E-state index contributed by atoms with van der Waals surface area (Å²) in [5.41, 5.74) is 0.533. The zero-order valence-corrected chi connectivity index (χ0v) is 11.9. The van der Waals surface area contributed by atoms with E-state index in [9.17, 15) is 13.6 Å². The zero-order valence-electron chi connectivity index (χ0n) is 11.9. The van der Waals surface area contributed by atoms with Crippen LogP contribution in [0.15, 0.2) is 48.8 Å². The Balaban J connectivity index is 1.70. The molecule has 0 atom stereocenters. The van der Waals surface area contributed by atoms with Gasteiger partial charge in [0.15, 0.2) is 0 Å². The fourth-order valence-corrected chi connectivity index (χ4v) is 2.10. The van der Waals surface area contributed by atoms with E-state index in [4.69, 9.17) is 0 Å². The van der Waals surface area contributed by atoms with Crippen LogP contribution in [0.3, 0.4) is 0 Å². The molecule has 3 rings (SSSR count). The lowest BCUT2D eigenvalue weighted by molar-refractivity contribution is -0.114. The van der Waals surface area contributed by atoms with Gasteiger partial charge in [0.25, 0.3) is 0 Å². The predicted octanol–water partition coefficient (Wildman–Crippen LogP) is 2.96. The van der Waals surface area contributed by atoms with Crippen LogP contribution in [0.1, 0.15) is 0 Å². The van der Waals surface area contributed by atoms with Crippen molar-refractivity contribution in [1.29, 1.82) is 0 Å². The average Bonchev–Trinajstić information content (AvgIpc) is 2.56. The van der Waals surface area contributed by atoms with Gasteiger partial charge in [-0.1, -0.05) is 12.1 Å². The Morgan fingerprint density at radius 3 is 2.78 bits per heavy atom. The van der Waals surface area contributed by atoms with E-state index in [0.29, 0.717) is 5.82 Å². The maximum Gasteiger partial charge on any atom is 0.243 e. The van der Waals surface area contributed by atoms with E-state index in [0.717, 1.165) is 29.1 Å². The molecule has 0 aliphatic carbocycles. The van der Waals surface area contributed by atoms with Crippen molar-refractivity contribution in [2.75, 3.05) is 17.2 Å². The monoisotopic (exact) mass is 314 g/mol. The smallest absolute Gasteiger partial charge is 0.243 e. The molecule has 0 aliphatic heterocycles. The van der Waals surface area contributed by atoms with E-state index in [-0.39, 0.29) is 12.2 Å². The summed E-state index contributed by atoms with van der Waals surface area (Å²) >= 11 is 0. The van der Waals surface area contributed by atoms with Crippen LogP contribution >= 0.6 is 0 Å². The Kier molecular flexibility index (Phi) is 4.09. The van der Waals surface area contributed by atoms with Crippen LogP contribution in [0.25, 0.3) is 10.9 Å². The molecule has 2 aromatic carbocycles. The second-order valence-corrected chi connectivity index (χ2v) is 4.77. The first kappa shape index (κ1) is 14.8. The lowest BCUT2D eigenvalue weighted by atomic mass is 10.2. The number of fused-ring (bicyclic) bond motifs is 1. The van der Waals surface area contributed by atoms with Gasteiger partial charge in [0, 0.05) is 11.5 Å². The molecule has 0 saturated carbocycles. The van der Waals surface area contributed by atoms with Crippen LogP contribution in [0.5, 0.6) is 0 Å². The zero-order chi connectivity index (χ0) is 16.2. The third-order valence-electron chi connectivity index (χ3n) is 3.16. The number of hydrogen-bond acceptors (Lipinski definition) is 4. The van der Waals surface area contributed by atoms with Gasteiger partial charge < -0.3 is 10.6 Å². The maximum absolute atomic E-state index is 13.5. The molecule has 2 N–H and O–H groups in total. The van der Waals surface area contributed by atoms with Gasteiger partial charge in [-0.2, -0.15) is 0 Å². The number of carbonyl (C=O) groups excluding carboxylic acids is 1. The fraction of sp³-hybridized carbons (Fsp3) is 0.0625. The minimum Gasteiger partial charge on any atom is -0.360 e. The van der Waals surface area contributed by atoms with Crippen LogP contribution in [0, 0.1) is 11.6 Å². The largest absolute Gasteiger partial charge is 0.360 e. The number of rotatable bonds is 4. The summed E-state index contributed by atoms with van der Waals surface area (Å²) in [5.74, 6) is -1.36. The summed E-state index contributed by atoms with van der Waals surface area (Å²) in [5, 5.41) is 5.94. The van der Waals surface area contributed by atoms with Crippen molar-refractivity contribution in [2.24, 2.45) is 0 Å². The fourth-order valence-electron chi connectivity index (χ4n) is 2.10. The summed E-state index contributed by atoms with van der Waals surface area (Å²) in [6, 6.07) is 10.2. The first-order valence-corrected chi connectivity index (χ1v) is 6.82. The third kappa shape index (κ3) is 3.39. The molecular weight excluding hydrogens is 302 g/mol. The first-order valence-electron chi connectivity index (χ1n) is 6.82. The quantitative estimate of drug-likeness (QED) is 0.777. The van der Waals surface area contributed by atoms with Crippen LogP contribution in [0.2, 0.25) is 0 Å². The van der Waals surface area contributed by atoms with Gasteiger partial charge in [0.05, 0.1) is 17.7 Å². The number of halogens is 2. The number of carbonyl (C=O) groups is 1. The number of nitrogens with one attached hydrogen (secondary N) is 2. The predicted molar refractivity (Wildman–Crippen MR) is 83.0 cm³/mol. The van der Waals surface area contributed by atoms with Gasteiger partial charge in [-0.25, -0.2) is 18.7 Å². The standard InChI is InChI=1S/C16H12F2N4O/c17-10-5-6-12(18)14(7-10)22-15(23)8-19-16-11-3-1-2-4-13(11)20-9-21-16/h1-7,9H,8H2,(H,22,23)(H,19,20,21). The molecule has 5 nitrogen and oxygen atoms in total. The highest BCUT2D eigenvalue weighted by atomic mass is 19.1. The van der Waals surface area contributed by atoms with E-state index in [1.165, 1.54) is 6.33 Å². The lowest BCUT2D eigenvalue weighted by Gasteiger charge is -2.09. The molecular formula is C16H12F2N4O. The molecule has 7 heteroatoms. The topological polar surface area (TPSA) is 66.9 Å². The molecule has 3 aromatic rings. The first-order chi connectivity index (χ1) is 11.1. The maximum atomic E-state index is 13.5. The number of amides is 1. The van der Waals surface area contributed by atoms with Crippen molar-refractivity contribution in [2.45, 2.75) is 0 Å². The molecule has 116 valence electrons. The number of aromatic nitrogens is 2. The van der Waals surface area contributed by atoms with E-state index in [1.807, 2.05) is 24.3 Å². The second kappa shape index (κ2) is 6.35. The van der Waals surface area contributed by atoms with Crippen LogP contribution in [-0.4, -0.2) is 22.4 Å². The average molecular weight is 314 g/mol. The molecule has 1 aromatic heterocycles. The van der Waals surface area contributed by atoms with Gasteiger partial charge >= 0.3 is 0 Å². The van der Waals surface area contributed by atoms with Crippen molar-refractivity contribution in [3.8, 4) is 0 Å². The van der Waals surface area contributed by atoms with Gasteiger partial charge in [-0.15, -0.1) is 0 Å². The van der Waals surface area contributed by atoms with E-state index < -0.39 is 17.5 Å². The lowest BCUT2D eigenvalue weighted by Crippen LogP contribution is -2.23. The summed E-state index contributed by atoms with van der Waals surface area (Å²) in [6.07, 6.45) is 1.38. The summed E-state index contributed by atoms with van der Waals surface area (Å²) in [7, 11) is 0. The van der Waals surface area contributed by atoms with Crippen LogP contribution < -0.4 is 10.6 Å². The highest BCUT2D eigenvalue weighted by molar-refractivity contribution is 5.95. The molecule has 0 fully saturated rings. The van der Waals surface area contributed by atoms with E-state index in [2.05, 4.69) is 20.6 Å². The molecule has 0 unspecified atom stereocenters. The van der Waals surface area contributed by atoms with Gasteiger partial charge in [-0.3, -0.25) is 4.79 Å². The minimum absolute atomic E-state index is 0.142. The second-order valence-electron chi connectivity index (χ2n) is 4.77. The van der Waals surface area contributed by atoms with Gasteiger partial charge in [-0.05, 0) is 24.3 Å². The number of hydrogen-bond donors (Lipinski definition) is 2. The van der Waals surface area contributed by atoms with Crippen LogP contribution in [0.4, 0.5) is 20.3 Å². The molecule has 1 amide bonds. The molecule has 0 saturated heterocycles. The van der Waals surface area contributed by atoms with Gasteiger partial charge in [0.1, 0.15) is 23.8 Å². The third-order valence-corrected chi connectivity index (χ3v) is 3.16. The van der Waals surface area contributed by atoms with Crippen LogP contribution in [-0.2, 0) is 4.79 Å². The van der Waals surface area contributed by atoms with E-state index >= 15 is 0 Å². The highest BCUT2D eigenvalue weighted by Gasteiger charge is 2.09. The molecule has 0 spiro atoms. The Labute approximate surface area is 130 Å². The van der Waals surface area contributed by atoms with Gasteiger partial charge in [0.2, 0.25) is 5.91 Å².